The van der Waals surface area contributed by atoms with Gasteiger partial charge in [0.25, 0.3) is 5.91 Å². The van der Waals surface area contributed by atoms with E-state index in [1.807, 2.05) is 0 Å². The summed E-state index contributed by atoms with van der Waals surface area (Å²) < 4.78 is 0.587. The Morgan fingerprint density at radius 1 is 1.28 bits per heavy atom. The highest BCUT2D eigenvalue weighted by Gasteiger charge is 2.09. The van der Waals surface area contributed by atoms with Crippen LogP contribution < -0.4 is 5.32 Å². The second-order valence-electron chi connectivity index (χ2n) is 3.19. The number of amides is 1. The quantitative estimate of drug-likeness (QED) is 0.847. The number of nitrogens with zero attached hydrogens (tertiary/aromatic N) is 3. The van der Waals surface area contributed by atoms with Gasteiger partial charge in [-0.3, -0.25) is 4.79 Å². The number of nitrogens with one attached hydrogen (secondary N) is 1. The molecular formula is C10H5BrCl2N4O. The summed E-state index contributed by atoms with van der Waals surface area (Å²) in [6.07, 6.45) is 1.44. The summed E-state index contributed by atoms with van der Waals surface area (Å²) in [5, 5.41) is 10.4. The van der Waals surface area contributed by atoms with Gasteiger partial charge in [0.05, 0.1) is 16.4 Å². The highest BCUT2D eigenvalue weighted by molar-refractivity contribution is 9.10. The van der Waals surface area contributed by atoms with Crippen molar-refractivity contribution in [3.63, 3.8) is 0 Å². The summed E-state index contributed by atoms with van der Waals surface area (Å²) >= 11 is 14.5. The summed E-state index contributed by atoms with van der Waals surface area (Å²) in [5.41, 5.74) is 0.651. The molecule has 8 heteroatoms. The Morgan fingerprint density at radius 3 is 2.67 bits per heavy atom. The summed E-state index contributed by atoms with van der Waals surface area (Å²) in [6, 6.07) is 4.60. The maximum Gasteiger partial charge on any atom is 0.276 e. The van der Waals surface area contributed by atoms with Crippen LogP contribution in [0.1, 0.15) is 10.5 Å². The molecule has 1 N–H and O–H groups in total. The lowest BCUT2D eigenvalue weighted by atomic mass is 10.3. The summed E-state index contributed by atoms with van der Waals surface area (Å²) in [6.45, 7) is 0. The molecule has 0 aliphatic carbocycles. The number of anilines is 1. The average Bonchev–Trinajstić information content (AvgIpc) is 2.34. The first kappa shape index (κ1) is 13.2. The first-order valence-electron chi connectivity index (χ1n) is 4.68. The van der Waals surface area contributed by atoms with Crippen molar-refractivity contribution in [2.45, 2.75) is 0 Å². The highest BCUT2D eigenvalue weighted by atomic mass is 79.9. The molecule has 2 aromatic heterocycles. The Labute approximate surface area is 121 Å². The molecule has 0 bridgehead atoms. The molecule has 18 heavy (non-hydrogen) atoms. The maximum atomic E-state index is 11.8. The molecular weight excluding hydrogens is 343 g/mol. The van der Waals surface area contributed by atoms with E-state index < -0.39 is 5.91 Å². The molecule has 0 saturated carbocycles. The molecule has 2 heterocycles. The molecule has 0 aliphatic rings. The lowest BCUT2D eigenvalue weighted by Gasteiger charge is -2.04. The third-order valence-electron chi connectivity index (χ3n) is 1.92. The van der Waals surface area contributed by atoms with E-state index in [0.717, 1.165) is 0 Å². The van der Waals surface area contributed by atoms with Gasteiger partial charge < -0.3 is 5.32 Å². The van der Waals surface area contributed by atoms with Gasteiger partial charge in [-0.25, -0.2) is 4.98 Å². The fraction of sp³-hybridized carbons (Fsp3) is 0. The molecule has 0 unspecified atom stereocenters. The number of carbonyl (C=O) groups is 1. The Balaban J connectivity index is 2.16. The van der Waals surface area contributed by atoms with E-state index >= 15 is 0 Å². The number of aromatic nitrogens is 3. The Bertz CT molecular complexity index is 591. The van der Waals surface area contributed by atoms with Crippen molar-refractivity contribution in [1.29, 1.82) is 0 Å². The normalized spacial score (nSPS) is 10.2. The van der Waals surface area contributed by atoms with Crippen molar-refractivity contribution >= 4 is 50.7 Å². The van der Waals surface area contributed by atoms with Gasteiger partial charge in [0.2, 0.25) is 0 Å². The Morgan fingerprint density at radius 2 is 2.06 bits per heavy atom. The highest BCUT2D eigenvalue weighted by Crippen LogP contribution is 2.23. The van der Waals surface area contributed by atoms with Gasteiger partial charge in [-0.05, 0) is 34.1 Å². The fourth-order valence-corrected chi connectivity index (χ4v) is 1.67. The summed E-state index contributed by atoms with van der Waals surface area (Å²) in [5.74, 6) is -0.407. The monoisotopic (exact) mass is 346 g/mol. The smallest absolute Gasteiger partial charge is 0.276 e. The van der Waals surface area contributed by atoms with Crippen LogP contribution >= 0.6 is 39.1 Å². The number of hydrogen-bond donors (Lipinski definition) is 1. The molecule has 0 aromatic carbocycles. The van der Waals surface area contributed by atoms with E-state index in [1.165, 1.54) is 18.3 Å². The molecule has 0 saturated heterocycles. The minimum Gasteiger partial charge on any atom is -0.319 e. The Hall–Kier alpha value is -1.24. The van der Waals surface area contributed by atoms with Crippen molar-refractivity contribution in [3.8, 4) is 0 Å². The number of pyridine rings is 1. The van der Waals surface area contributed by atoms with Gasteiger partial charge in [-0.15, -0.1) is 10.2 Å². The number of hydrogen-bond acceptors (Lipinski definition) is 4. The van der Waals surface area contributed by atoms with Crippen molar-refractivity contribution < 1.29 is 4.79 Å². The van der Waals surface area contributed by atoms with Crippen LogP contribution in [-0.2, 0) is 0 Å². The minimum absolute atomic E-state index is 0.158. The van der Waals surface area contributed by atoms with E-state index in [-0.39, 0.29) is 10.8 Å². The van der Waals surface area contributed by atoms with Crippen LogP contribution in [-0.4, -0.2) is 21.1 Å². The van der Waals surface area contributed by atoms with Crippen LogP contribution in [0.25, 0.3) is 0 Å². The van der Waals surface area contributed by atoms with Crippen LogP contribution in [0, 0.1) is 0 Å². The summed E-state index contributed by atoms with van der Waals surface area (Å²) in [7, 11) is 0. The first-order chi connectivity index (χ1) is 8.56. The molecule has 0 aliphatic heterocycles. The van der Waals surface area contributed by atoms with Gasteiger partial charge in [0.15, 0.2) is 10.8 Å². The van der Waals surface area contributed by atoms with Gasteiger partial charge in [-0.2, -0.15) is 0 Å². The van der Waals surface area contributed by atoms with E-state index in [9.17, 15) is 4.79 Å². The van der Waals surface area contributed by atoms with E-state index in [4.69, 9.17) is 23.2 Å². The van der Waals surface area contributed by atoms with E-state index in [2.05, 4.69) is 36.4 Å². The molecule has 0 fully saturated rings. The molecule has 2 rings (SSSR count). The van der Waals surface area contributed by atoms with Crippen LogP contribution in [0.15, 0.2) is 28.9 Å². The molecule has 2 aromatic rings. The molecule has 1 amide bonds. The number of halogens is 3. The van der Waals surface area contributed by atoms with Crippen LogP contribution in [0.3, 0.4) is 0 Å². The second-order valence-corrected chi connectivity index (χ2v) is 4.79. The van der Waals surface area contributed by atoms with Gasteiger partial charge in [0, 0.05) is 0 Å². The second kappa shape index (κ2) is 5.60. The van der Waals surface area contributed by atoms with Gasteiger partial charge >= 0.3 is 0 Å². The SMILES string of the molecule is O=C(Nc1cnc(Cl)c(Br)c1)c1ccc(Cl)nn1. The third kappa shape index (κ3) is 3.16. The molecule has 0 spiro atoms. The van der Waals surface area contributed by atoms with Crippen LogP contribution in [0.4, 0.5) is 5.69 Å². The van der Waals surface area contributed by atoms with Crippen molar-refractivity contribution in [2.24, 2.45) is 0 Å². The van der Waals surface area contributed by atoms with E-state index in [1.54, 1.807) is 6.07 Å². The lowest BCUT2D eigenvalue weighted by molar-refractivity contribution is 0.102. The zero-order valence-corrected chi connectivity index (χ0v) is 11.8. The molecule has 92 valence electrons. The lowest BCUT2D eigenvalue weighted by Crippen LogP contribution is -2.14. The topological polar surface area (TPSA) is 67.8 Å². The standard InChI is InChI=1S/C10H5BrCl2N4O/c11-6-3-5(4-14-9(6)13)15-10(18)7-1-2-8(12)17-16-7/h1-4H,(H,15,18). The predicted octanol–water partition coefficient (Wildman–Crippen LogP) is 3.19. The minimum atomic E-state index is -0.407. The third-order valence-corrected chi connectivity index (χ3v) is 3.25. The van der Waals surface area contributed by atoms with Crippen molar-refractivity contribution in [2.75, 3.05) is 5.32 Å². The molecule has 0 atom stereocenters. The van der Waals surface area contributed by atoms with Crippen molar-refractivity contribution in [3.05, 3.63) is 44.9 Å². The fourth-order valence-electron chi connectivity index (χ4n) is 1.12. The maximum absolute atomic E-state index is 11.8. The average molecular weight is 348 g/mol. The van der Waals surface area contributed by atoms with Crippen LogP contribution in [0.2, 0.25) is 10.3 Å². The van der Waals surface area contributed by atoms with E-state index in [0.29, 0.717) is 15.3 Å². The zero-order valence-electron chi connectivity index (χ0n) is 8.69. The molecule has 5 nitrogen and oxygen atoms in total. The largest absolute Gasteiger partial charge is 0.319 e. The van der Waals surface area contributed by atoms with Gasteiger partial charge in [-0.1, -0.05) is 23.2 Å². The first-order valence-corrected chi connectivity index (χ1v) is 6.23. The van der Waals surface area contributed by atoms with Crippen molar-refractivity contribution in [1.82, 2.24) is 15.2 Å². The molecule has 0 radical (unpaired) electrons. The summed E-state index contributed by atoms with van der Waals surface area (Å²) in [4.78, 5) is 15.7. The zero-order chi connectivity index (χ0) is 13.1. The number of rotatable bonds is 2. The number of carbonyl (C=O) groups excluding carboxylic acids is 1. The van der Waals surface area contributed by atoms with Gasteiger partial charge in [0.1, 0.15) is 5.15 Å². The Kier molecular flexibility index (Phi) is 4.11. The van der Waals surface area contributed by atoms with Crippen LogP contribution in [0.5, 0.6) is 0 Å². The predicted molar refractivity (Wildman–Crippen MR) is 71.9 cm³/mol.